The Kier molecular flexibility index (Phi) is 6.10. The van der Waals surface area contributed by atoms with Gasteiger partial charge < -0.3 is 14.2 Å². The Morgan fingerprint density at radius 1 is 1.30 bits per heavy atom. The van der Waals surface area contributed by atoms with Crippen LogP contribution in [0.5, 0.6) is 5.75 Å². The van der Waals surface area contributed by atoms with E-state index in [1.807, 2.05) is 22.6 Å². The number of rotatable bonds is 6. The molecule has 4 atom stereocenters. The maximum atomic E-state index is 13.6. The Morgan fingerprint density at radius 2 is 2.00 bits per heavy atom. The summed E-state index contributed by atoms with van der Waals surface area (Å²) in [5.74, 6) is -8.33. The van der Waals surface area contributed by atoms with Crippen molar-refractivity contribution in [2.75, 3.05) is 6.61 Å². The second-order valence-corrected chi connectivity index (χ2v) is 11.8. The molecule has 0 aromatic heterocycles. The van der Waals surface area contributed by atoms with Crippen LogP contribution in [0.25, 0.3) is 0 Å². The van der Waals surface area contributed by atoms with Gasteiger partial charge >= 0.3 is 33.2 Å². The van der Waals surface area contributed by atoms with Crippen LogP contribution in [0, 0.1) is 9.49 Å². The zero-order valence-electron chi connectivity index (χ0n) is 16.3. The number of thioether (sulfide) groups is 1. The van der Waals surface area contributed by atoms with Crippen molar-refractivity contribution in [3.05, 3.63) is 27.3 Å². The SMILES string of the molecule is O=C1OC2(CC3SC2CC3C(=O)OCCC(F)(F)C(F)(F)S(=O)(=O)O)Oc2c(I)cccc21. The standard InChI is InChI=1S/C18H15F4IO8S2/c19-17(20,18(21,22)33(26,27)28)4-5-29-14(24)9-6-12-16(7-11(9)32-12)30-13-8(15(25)31-16)2-1-3-10(13)23/h1-3,9,11-12H,4-7H2,(H,26,27,28). The van der Waals surface area contributed by atoms with E-state index in [0.29, 0.717) is 9.32 Å². The van der Waals surface area contributed by atoms with Gasteiger partial charge in [-0.05, 0) is 41.1 Å². The number of carbonyl (C=O) groups excluding carboxylic acids is 2. The summed E-state index contributed by atoms with van der Waals surface area (Å²) in [6, 6.07) is 5.00. The molecular formula is C18H15F4IO8S2. The zero-order valence-corrected chi connectivity index (χ0v) is 20.1. The number of hydrogen-bond acceptors (Lipinski definition) is 8. The summed E-state index contributed by atoms with van der Waals surface area (Å²) in [4.78, 5) is 24.8. The molecule has 8 nitrogen and oxygen atoms in total. The van der Waals surface area contributed by atoms with Gasteiger partial charge in [-0.1, -0.05) is 6.07 Å². The molecule has 0 aliphatic carbocycles. The van der Waals surface area contributed by atoms with Crippen LogP contribution in [0.15, 0.2) is 18.2 Å². The van der Waals surface area contributed by atoms with Crippen LogP contribution < -0.4 is 4.74 Å². The third-order valence-electron chi connectivity index (χ3n) is 5.67. The molecule has 2 bridgehead atoms. The van der Waals surface area contributed by atoms with Crippen molar-refractivity contribution in [2.24, 2.45) is 5.92 Å². The third-order valence-corrected chi connectivity index (χ3v) is 9.19. The molecule has 2 fully saturated rings. The highest BCUT2D eigenvalue weighted by Gasteiger charge is 2.66. The summed E-state index contributed by atoms with van der Waals surface area (Å²) >= 11 is 3.33. The van der Waals surface area contributed by atoms with Crippen molar-refractivity contribution < 1.29 is 54.3 Å². The van der Waals surface area contributed by atoms with E-state index in [2.05, 4.69) is 0 Å². The molecule has 4 rings (SSSR count). The van der Waals surface area contributed by atoms with Crippen molar-refractivity contribution in [2.45, 2.75) is 46.7 Å². The largest absolute Gasteiger partial charge is 0.465 e. The molecule has 2 saturated heterocycles. The van der Waals surface area contributed by atoms with Crippen LogP contribution >= 0.6 is 34.4 Å². The molecule has 1 aromatic carbocycles. The lowest BCUT2D eigenvalue weighted by Gasteiger charge is -2.40. The zero-order chi connectivity index (χ0) is 24.4. The Labute approximate surface area is 202 Å². The molecule has 3 aliphatic heterocycles. The second kappa shape index (κ2) is 8.12. The first-order chi connectivity index (χ1) is 15.2. The first-order valence-corrected chi connectivity index (χ1v) is 12.9. The molecule has 33 heavy (non-hydrogen) atoms. The van der Waals surface area contributed by atoms with Crippen molar-refractivity contribution in [1.82, 2.24) is 0 Å². The van der Waals surface area contributed by atoms with Crippen LogP contribution in [0.1, 0.15) is 29.6 Å². The predicted octanol–water partition coefficient (Wildman–Crippen LogP) is 3.48. The maximum absolute atomic E-state index is 13.6. The van der Waals surface area contributed by atoms with E-state index in [0.717, 1.165) is 0 Å². The van der Waals surface area contributed by atoms with Gasteiger partial charge in [-0.2, -0.15) is 26.0 Å². The molecule has 3 aliphatic rings. The van der Waals surface area contributed by atoms with E-state index in [1.54, 1.807) is 18.2 Å². The van der Waals surface area contributed by atoms with Crippen LogP contribution in [-0.2, 0) is 24.4 Å². The number of halogens is 5. The van der Waals surface area contributed by atoms with E-state index in [1.165, 1.54) is 11.8 Å². The van der Waals surface area contributed by atoms with E-state index in [-0.39, 0.29) is 18.4 Å². The topological polar surface area (TPSA) is 116 Å². The highest BCUT2D eigenvalue weighted by Crippen LogP contribution is 2.58. The minimum Gasteiger partial charge on any atom is -0.465 e. The van der Waals surface area contributed by atoms with Gasteiger partial charge in [0.05, 0.1) is 27.8 Å². The molecular weight excluding hydrogens is 611 g/mol. The molecule has 15 heteroatoms. The molecule has 182 valence electrons. The molecule has 0 amide bonds. The average molecular weight is 626 g/mol. The smallest absolute Gasteiger partial charge is 0.431 e. The first-order valence-electron chi connectivity index (χ1n) is 9.44. The van der Waals surface area contributed by atoms with Crippen molar-refractivity contribution in [3.63, 3.8) is 0 Å². The summed E-state index contributed by atoms with van der Waals surface area (Å²) < 4.78 is 100. The fourth-order valence-corrected chi connectivity index (χ4v) is 6.96. The monoisotopic (exact) mass is 626 g/mol. The fraction of sp³-hybridized carbons (Fsp3) is 0.556. The number of hydrogen-bond donors (Lipinski definition) is 1. The van der Waals surface area contributed by atoms with E-state index >= 15 is 0 Å². The number of fused-ring (bicyclic) bond motifs is 4. The van der Waals surface area contributed by atoms with Crippen LogP contribution in [0.4, 0.5) is 17.6 Å². The summed E-state index contributed by atoms with van der Waals surface area (Å²) in [5.41, 5.74) is 0.277. The predicted molar refractivity (Wildman–Crippen MR) is 113 cm³/mol. The van der Waals surface area contributed by atoms with Crippen molar-refractivity contribution in [3.8, 4) is 5.75 Å². The van der Waals surface area contributed by atoms with E-state index < -0.39 is 68.5 Å². The number of alkyl halides is 4. The summed E-state index contributed by atoms with van der Waals surface area (Å²) in [6.07, 6.45) is -1.54. The van der Waals surface area contributed by atoms with Crippen molar-refractivity contribution >= 4 is 56.4 Å². The second-order valence-electron chi connectivity index (χ2n) is 7.74. The van der Waals surface area contributed by atoms with E-state index in [4.69, 9.17) is 18.8 Å². The summed E-state index contributed by atoms with van der Waals surface area (Å²) in [5, 5.41) is -6.60. The highest BCUT2D eigenvalue weighted by atomic mass is 127. The minimum atomic E-state index is -6.36. The number of esters is 2. The van der Waals surface area contributed by atoms with Gasteiger partial charge in [0.25, 0.3) is 5.79 Å². The lowest BCUT2D eigenvalue weighted by Crippen LogP contribution is -2.53. The van der Waals surface area contributed by atoms with Crippen LogP contribution in [0.3, 0.4) is 0 Å². The molecule has 1 N–H and O–H groups in total. The van der Waals surface area contributed by atoms with Crippen molar-refractivity contribution in [1.29, 1.82) is 0 Å². The van der Waals surface area contributed by atoms with Gasteiger partial charge in [0, 0.05) is 11.7 Å². The normalized spacial score (nSPS) is 28.9. The minimum absolute atomic E-state index is 0.134. The quantitative estimate of drug-likeness (QED) is 0.219. The molecule has 1 aromatic rings. The third kappa shape index (κ3) is 4.07. The molecule has 3 heterocycles. The van der Waals surface area contributed by atoms with Gasteiger partial charge in [0.15, 0.2) is 5.75 Å². The maximum Gasteiger partial charge on any atom is 0.431 e. The molecule has 1 spiro atoms. The Balaban J connectivity index is 1.38. The molecule has 4 unspecified atom stereocenters. The summed E-state index contributed by atoms with van der Waals surface area (Å²) in [6.45, 7) is -1.18. The molecule has 0 radical (unpaired) electrons. The Morgan fingerprint density at radius 3 is 2.61 bits per heavy atom. The lowest BCUT2D eigenvalue weighted by molar-refractivity contribution is -0.180. The lowest BCUT2D eigenvalue weighted by atomic mass is 9.84. The fourth-order valence-electron chi connectivity index (χ4n) is 3.99. The van der Waals surface area contributed by atoms with Gasteiger partial charge in [-0.15, -0.1) is 11.8 Å². The van der Waals surface area contributed by atoms with Crippen LogP contribution in [-0.4, -0.2) is 59.0 Å². The van der Waals surface area contributed by atoms with Crippen LogP contribution in [0.2, 0.25) is 0 Å². The average Bonchev–Trinajstić information content (AvgIpc) is 3.26. The number of ether oxygens (including phenoxy) is 3. The Bertz CT molecular complexity index is 1110. The van der Waals surface area contributed by atoms with Gasteiger partial charge in [-0.3, -0.25) is 9.35 Å². The Hall–Kier alpha value is -1.33. The van der Waals surface area contributed by atoms with E-state index in [9.17, 15) is 35.6 Å². The first kappa shape index (κ1) is 24.8. The summed E-state index contributed by atoms with van der Waals surface area (Å²) in [7, 11) is -6.36. The number of para-hydroxylation sites is 1. The van der Waals surface area contributed by atoms with Gasteiger partial charge in [0.2, 0.25) is 0 Å². The van der Waals surface area contributed by atoms with Gasteiger partial charge in [-0.25, -0.2) is 4.79 Å². The number of carbonyl (C=O) groups is 2. The molecule has 0 saturated carbocycles. The number of benzene rings is 1. The van der Waals surface area contributed by atoms with Gasteiger partial charge in [0.1, 0.15) is 5.56 Å². The highest BCUT2D eigenvalue weighted by molar-refractivity contribution is 14.1.